The van der Waals surface area contributed by atoms with Gasteiger partial charge in [0.25, 0.3) is 0 Å². The second-order valence-electron chi connectivity index (χ2n) is 9.16. The lowest BCUT2D eigenvalue weighted by atomic mass is 9.49. The first kappa shape index (κ1) is 17.3. The molecule has 0 heterocycles. The van der Waals surface area contributed by atoms with E-state index in [1.807, 2.05) is 6.08 Å². The monoisotopic (exact) mass is 344 g/mol. The second-order valence-corrected chi connectivity index (χ2v) is 9.16. The van der Waals surface area contributed by atoms with Crippen LogP contribution in [0.3, 0.4) is 0 Å². The van der Waals surface area contributed by atoms with Crippen LogP contribution in [0.1, 0.15) is 72.1 Å². The Morgan fingerprint density at radius 1 is 1.28 bits per heavy atom. The molecule has 0 saturated heterocycles. The Balaban J connectivity index is 1.65. The molecule has 0 aliphatic heterocycles. The smallest absolute Gasteiger partial charge is 0.302 e. The van der Waals surface area contributed by atoms with Crippen LogP contribution in [-0.2, 0) is 14.3 Å². The summed E-state index contributed by atoms with van der Waals surface area (Å²) in [5.41, 5.74) is 1.65. The van der Waals surface area contributed by atoms with Crippen molar-refractivity contribution in [1.82, 2.24) is 0 Å². The Hall–Kier alpha value is -1.12. The van der Waals surface area contributed by atoms with Crippen LogP contribution < -0.4 is 0 Å². The lowest BCUT2D eigenvalue weighted by molar-refractivity contribution is -0.159. The van der Waals surface area contributed by atoms with Crippen LogP contribution in [0.15, 0.2) is 11.6 Å². The lowest BCUT2D eigenvalue weighted by Gasteiger charge is -2.56. The molecular formula is C22H32O3. The molecule has 0 aromatic rings. The van der Waals surface area contributed by atoms with Crippen molar-refractivity contribution < 1.29 is 14.3 Å². The number of rotatable bonds is 2. The molecule has 0 bridgehead atoms. The van der Waals surface area contributed by atoms with Crippen molar-refractivity contribution in [3.63, 3.8) is 0 Å². The van der Waals surface area contributed by atoms with E-state index in [0.29, 0.717) is 23.5 Å². The van der Waals surface area contributed by atoms with Crippen molar-refractivity contribution in [2.45, 2.75) is 78.2 Å². The van der Waals surface area contributed by atoms with Gasteiger partial charge in [0.1, 0.15) is 6.10 Å². The third kappa shape index (κ3) is 2.61. The SMILES string of the molecule is CC[C@]12CC[C@H]3[C@@H]([C@H](C)CC4=CC(=O)CC[C@@H]43)[C@@H]1CC[C@@H]2OC(C)=O. The fraction of sp³-hybridized carbons (Fsp3) is 0.818. The van der Waals surface area contributed by atoms with Crippen LogP contribution in [0.25, 0.3) is 0 Å². The lowest BCUT2D eigenvalue weighted by Crippen LogP contribution is -2.51. The van der Waals surface area contributed by atoms with Crippen molar-refractivity contribution in [3.05, 3.63) is 11.6 Å². The van der Waals surface area contributed by atoms with Gasteiger partial charge in [-0.25, -0.2) is 0 Å². The van der Waals surface area contributed by atoms with Gasteiger partial charge in [-0.1, -0.05) is 19.4 Å². The molecule has 4 aliphatic rings. The highest BCUT2D eigenvalue weighted by Gasteiger charge is 2.60. The molecule has 3 heteroatoms. The summed E-state index contributed by atoms with van der Waals surface area (Å²) < 4.78 is 5.82. The third-order valence-corrected chi connectivity index (χ3v) is 8.24. The fourth-order valence-corrected chi connectivity index (χ4v) is 7.40. The first-order valence-corrected chi connectivity index (χ1v) is 10.4. The summed E-state index contributed by atoms with van der Waals surface area (Å²) in [5.74, 6) is 3.68. The third-order valence-electron chi connectivity index (χ3n) is 8.24. The number of ether oxygens (including phenoxy) is 1. The fourth-order valence-electron chi connectivity index (χ4n) is 7.40. The molecule has 0 N–H and O–H groups in total. The molecule has 3 nitrogen and oxygen atoms in total. The number of carbonyl (C=O) groups is 2. The molecule has 7 atom stereocenters. The van der Waals surface area contributed by atoms with Crippen LogP contribution in [-0.4, -0.2) is 17.9 Å². The van der Waals surface area contributed by atoms with Gasteiger partial charge in [-0.15, -0.1) is 0 Å². The molecule has 138 valence electrons. The molecular weight excluding hydrogens is 312 g/mol. The van der Waals surface area contributed by atoms with Gasteiger partial charge in [0, 0.05) is 18.8 Å². The van der Waals surface area contributed by atoms with Gasteiger partial charge < -0.3 is 4.74 Å². The minimum atomic E-state index is -0.117. The van der Waals surface area contributed by atoms with Crippen molar-refractivity contribution in [2.24, 2.45) is 35.0 Å². The van der Waals surface area contributed by atoms with E-state index in [2.05, 4.69) is 13.8 Å². The Morgan fingerprint density at radius 2 is 2.08 bits per heavy atom. The average molecular weight is 344 g/mol. The Bertz CT molecular complexity index is 606. The summed E-state index contributed by atoms with van der Waals surface area (Å²) in [5, 5.41) is 0. The zero-order valence-corrected chi connectivity index (χ0v) is 15.9. The number of esters is 1. The normalized spacial score (nSPS) is 45.9. The van der Waals surface area contributed by atoms with Gasteiger partial charge in [-0.2, -0.15) is 0 Å². The van der Waals surface area contributed by atoms with E-state index >= 15 is 0 Å². The molecule has 4 rings (SSSR count). The molecule has 25 heavy (non-hydrogen) atoms. The topological polar surface area (TPSA) is 43.4 Å². The Labute approximate surface area is 151 Å². The van der Waals surface area contributed by atoms with E-state index in [1.54, 1.807) is 6.92 Å². The molecule has 3 fully saturated rings. The highest BCUT2D eigenvalue weighted by atomic mass is 16.5. The zero-order valence-electron chi connectivity index (χ0n) is 15.9. The summed E-state index contributed by atoms with van der Waals surface area (Å²) in [4.78, 5) is 23.5. The van der Waals surface area contributed by atoms with Crippen LogP contribution >= 0.6 is 0 Å². The number of ketones is 1. The van der Waals surface area contributed by atoms with Crippen molar-refractivity contribution in [2.75, 3.05) is 0 Å². The van der Waals surface area contributed by atoms with Gasteiger partial charge in [0.2, 0.25) is 0 Å². The Kier molecular flexibility index (Phi) is 4.32. The standard InChI is InChI=1S/C22H32O3/c1-4-22-10-9-18-17-6-5-16(24)12-15(17)11-13(2)21(18)19(22)7-8-20(22)25-14(3)23/h12-13,17-21H,4-11H2,1-3H3/t13-,17+,18-,19+,20+,21-,22+/m1/s1. The van der Waals surface area contributed by atoms with Crippen molar-refractivity contribution in [1.29, 1.82) is 0 Å². The summed E-state index contributed by atoms with van der Waals surface area (Å²) in [6, 6.07) is 0. The maximum absolute atomic E-state index is 11.9. The number of hydrogen-bond donors (Lipinski definition) is 0. The van der Waals surface area contributed by atoms with Gasteiger partial charge in [-0.3, -0.25) is 9.59 Å². The molecule has 0 unspecified atom stereocenters. The van der Waals surface area contributed by atoms with Gasteiger partial charge in [-0.05, 0) is 80.6 Å². The van der Waals surface area contributed by atoms with Gasteiger partial charge in [0.05, 0.1) is 0 Å². The largest absolute Gasteiger partial charge is 0.462 e. The van der Waals surface area contributed by atoms with E-state index in [4.69, 9.17) is 4.74 Å². The minimum absolute atomic E-state index is 0.117. The second kappa shape index (κ2) is 6.25. The minimum Gasteiger partial charge on any atom is -0.462 e. The van der Waals surface area contributed by atoms with Gasteiger partial charge in [0.15, 0.2) is 5.78 Å². The first-order valence-electron chi connectivity index (χ1n) is 10.4. The van der Waals surface area contributed by atoms with E-state index < -0.39 is 0 Å². The molecule has 0 aromatic heterocycles. The number of allylic oxidation sites excluding steroid dienone is 1. The van der Waals surface area contributed by atoms with E-state index in [1.165, 1.54) is 24.8 Å². The van der Waals surface area contributed by atoms with Crippen molar-refractivity contribution in [3.8, 4) is 0 Å². The summed E-state index contributed by atoms with van der Waals surface area (Å²) in [6.07, 6.45) is 10.8. The predicted octanol–water partition coefficient (Wildman–Crippen LogP) is 4.70. The average Bonchev–Trinajstić information content (AvgIpc) is 2.92. The molecule has 0 aromatic carbocycles. The molecule has 0 spiro atoms. The predicted molar refractivity (Wildman–Crippen MR) is 96.8 cm³/mol. The van der Waals surface area contributed by atoms with Crippen LogP contribution in [0.2, 0.25) is 0 Å². The summed E-state index contributed by atoms with van der Waals surface area (Å²) in [6.45, 7) is 6.26. The van der Waals surface area contributed by atoms with Crippen LogP contribution in [0.5, 0.6) is 0 Å². The molecule has 0 radical (unpaired) electrons. The number of hydrogen-bond acceptors (Lipinski definition) is 3. The number of fused-ring (bicyclic) bond motifs is 5. The maximum atomic E-state index is 11.9. The molecule has 3 saturated carbocycles. The summed E-state index contributed by atoms with van der Waals surface area (Å²) in [7, 11) is 0. The van der Waals surface area contributed by atoms with Crippen molar-refractivity contribution >= 4 is 11.8 Å². The maximum Gasteiger partial charge on any atom is 0.302 e. The van der Waals surface area contributed by atoms with Gasteiger partial charge >= 0.3 is 5.97 Å². The molecule has 4 aliphatic carbocycles. The quantitative estimate of drug-likeness (QED) is 0.682. The number of carbonyl (C=O) groups excluding carboxylic acids is 2. The van der Waals surface area contributed by atoms with Crippen LogP contribution in [0.4, 0.5) is 0 Å². The highest BCUT2D eigenvalue weighted by Crippen LogP contribution is 2.64. The first-order chi connectivity index (χ1) is 12.0. The highest BCUT2D eigenvalue weighted by molar-refractivity contribution is 5.91. The van der Waals surface area contributed by atoms with E-state index in [-0.39, 0.29) is 17.5 Å². The summed E-state index contributed by atoms with van der Waals surface area (Å²) >= 11 is 0. The van der Waals surface area contributed by atoms with E-state index in [9.17, 15) is 9.59 Å². The van der Waals surface area contributed by atoms with E-state index in [0.717, 1.165) is 43.9 Å². The molecule has 0 amide bonds. The van der Waals surface area contributed by atoms with Crippen LogP contribution in [0, 0.1) is 35.0 Å². The Morgan fingerprint density at radius 3 is 2.80 bits per heavy atom. The zero-order chi connectivity index (χ0) is 17.8.